The number of carbonyl (C=O) groups is 3. The van der Waals surface area contributed by atoms with Gasteiger partial charge in [-0.2, -0.15) is 8.78 Å². The number of carbonyl (C=O) groups excluding carboxylic acids is 3. The second-order valence-electron chi connectivity index (χ2n) is 9.62. The van der Waals surface area contributed by atoms with Crippen LogP contribution in [0.4, 0.5) is 8.78 Å². The molecule has 1 aromatic carbocycles. The number of hydrogen-bond acceptors (Lipinski definition) is 9. The van der Waals surface area contributed by atoms with Crippen molar-refractivity contribution in [1.82, 2.24) is 0 Å². The molecular weight excluding hydrogens is 507 g/mol. The van der Waals surface area contributed by atoms with Crippen LogP contribution in [0.15, 0.2) is 24.3 Å². The van der Waals surface area contributed by atoms with Crippen LogP contribution in [-0.2, 0) is 38.3 Å². The number of ether oxygens (including phenoxy) is 2. The fraction of sp³-hybridized carbons (Fsp3) is 0.500. The average molecular weight is 536 g/mol. The van der Waals surface area contributed by atoms with Crippen LogP contribution in [0, 0.1) is 10.8 Å². The van der Waals surface area contributed by atoms with E-state index < -0.39 is 61.1 Å². The highest BCUT2D eigenvalue weighted by Gasteiger charge is 2.56. The molecule has 0 saturated carbocycles. The first-order valence-corrected chi connectivity index (χ1v) is 12.7. The number of thiophene rings is 1. The summed E-state index contributed by atoms with van der Waals surface area (Å²) in [6, 6.07) is 4.63. The number of benzene rings is 1. The first-order valence-electron chi connectivity index (χ1n) is 10.3. The normalized spacial score (nSPS) is 13.0. The van der Waals surface area contributed by atoms with Gasteiger partial charge in [0.1, 0.15) is 0 Å². The Labute approximate surface area is 205 Å². The Balaban J connectivity index is 2.35. The van der Waals surface area contributed by atoms with Crippen molar-refractivity contribution < 1.29 is 46.3 Å². The number of hydrogen-bond donors (Lipinski definition) is 1. The maximum absolute atomic E-state index is 15.5. The van der Waals surface area contributed by atoms with Crippen LogP contribution < -0.4 is 5.73 Å². The second kappa shape index (κ2) is 10.3. The number of primary amides is 1. The van der Waals surface area contributed by atoms with E-state index in [9.17, 15) is 18.9 Å². The van der Waals surface area contributed by atoms with Crippen molar-refractivity contribution in [3.05, 3.63) is 34.7 Å². The summed E-state index contributed by atoms with van der Waals surface area (Å²) in [5.41, 5.74) is -1.71. The smallest absolute Gasteiger partial charge is 0.410 e. The van der Waals surface area contributed by atoms with Crippen LogP contribution >= 0.6 is 18.9 Å². The maximum Gasteiger partial charge on any atom is 0.410 e. The molecule has 0 spiro atoms. The Hall–Kier alpha value is -2.40. The van der Waals surface area contributed by atoms with E-state index in [1.807, 2.05) is 0 Å². The minimum atomic E-state index is -5.43. The Morgan fingerprint density at radius 3 is 1.83 bits per heavy atom. The van der Waals surface area contributed by atoms with E-state index >= 15 is 8.78 Å². The lowest BCUT2D eigenvalue weighted by Gasteiger charge is -2.27. The van der Waals surface area contributed by atoms with E-state index in [-0.39, 0.29) is 10.3 Å². The molecule has 1 aromatic heterocycles. The topological polar surface area (TPSA) is 131 Å². The quantitative estimate of drug-likeness (QED) is 0.258. The molecule has 0 aliphatic carbocycles. The molecule has 1 amide bonds. The molecule has 0 unspecified atom stereocenters. The zero-order valence-electron chi connectivity index (χ0n) is 20.2. The predicted molar refractivity (Wildman–Crippen MR) is 125 cm³/mol. The van der Waals surface area contributed by atoms with Crippen molar-refractivity contribution in [3.8, 4) is 0 Å². The number of halogens is 2. The zero-order chi connectivity index (χ0) is 26.8. The summed E-state index contributed by atoms with van der Waals surface area (Å²) in [5, 5.41) is 0.255. The van der Waals surface area contributed by atoms with Crippen LogP contribution in [0.3, 0.4) is 0 Å². The third kappa shape index (κ3) is 6.84. The van der Waals surface area contributed by atoms with Crippen LogP contribution in [0.2, 0.25) is 0 Å². The van der Waals surface area contributed by atoms with E-state index in [1.165, 1.54) is 53.7 Å². The van der Waals surface area contributed by atoms with Gasteiger partial charge in [0.15, 0.2) is 0 Å². The van der Waals surface area contributed by atoms with Gasteiger partial charge < -0.3 is 15.2 Å². The molecular formula is C22H28F2NO8PS. The Kier molecular flexibility index (Phi) is 8.48. The fourth-order valence-corrected chi connectivity index (χ4v) is 4.57. The number of esters is 2. The molecule has 0 fully saturated rings. The third-order valence-corrected chi connectivity index (χ3v) is 7.47. The lowest BCUT2D eigenvalue weighted by molar-refractivity contribution is -0.163. The molecule has 0 saturated heterocycles. The molecule has 13 heteroatoms. The largest absolute Gasteiger partial charge is 0.438 e. The van der Waals surface area contributed by atoms with Gasteiger partial charge in [-0.05, 0) is 65.1 Å². The van der Waals surface area contributed by atoms with Crippen LogP contribution in [0.5, 0.6) is 0 Å². The Bertz CT molecular complexity index is 1130. The molecule has 0 aliphatic heterocycles. The second-order valence-corrected chi connectivity index (χ2v) is 12.8. The van der Waals surface area contributed by atoms with Crippen LogP contribution in [-0.4, -0.2) is 31.4 Å². The minimum Gasteiger partial charge on any atom is -0.438 e. The lowest BCUT2D eigenvalue weighted by Crippen LogP contribution is -2.27. The first-order chi connectivity index (χ1) is 15.9. The SMILES string of the molecule is CC(C)(C)C(=O)OCOP(=O)(OCOC(=O)C(C)(C)C)C(F)(F)c1ccc2sc(C(N)=O)cc2c1. The van der Waals surface area contributed by atoms with Gasteiger partial charge in [0, 0.05) is 10.3 Å². The number of fused-ring (bicyclic) bond motifs is 1. The van der Waals surface area contributed by atoms with Crippen molar-refractivity contribution in [2.24, 2.45) is 16.6 Å². The Morgan fingerprint density at radius 1 is 0.914 bits per heavy atom. The summed E-state index contributed by atoms with van der Waals surface area (Å²) in [5.74, 6) is -2.30. The molecule has 9 nitrogen and oxygen atoms in total. The minimum absolute atomic E-state index is 0.152. The van der Waals surface area contributed by atoms with E-state index in [0.717, 1.165) is 23.5 Å². The number of amides is 1. The number of alkyl halides is 2. The van der Waals surface area contributed by atoms with Gasteiger partial charge >= 0.3 is 25.2 Å². The molecule has 0 radical (unpaired) electrons. The summed E-state index contributed by atoms with van der Waals surface area (Å²) in [4.78, 5) is 35.5. The molecule has 2 aromatic rings. The molecule has 194 valence electrons. The zero-order valence-corrected chi connectivity index (χ0v) is 21.9. The summed E-state index contributed by atoms with van der Waals surface area (Å²) in [6.07, 6.45) is 0. The van der Waals surface area contributed by atoms with E-state index in [2.05, 4.69) is 0 Å². The number of rotatable bonds is 9. The molecule has 0 bridgehead atoms. The van der Waals surface area contributed by atoms with Crippen LogP contribution in [0.25, 0.3) is 10.1 Å². The van der Waals surface area contributed by atoms with Gasteiger partial charge in [-0.3, -0.25) is 28.0 Å². The van der Waals surface area contributed by atoms with Crippen molar-refractivity contribution in [2.45, 2.75) is 47.2 Å². The first kappa shape index (κ1) is 28.8. The van der Waals surface area contributed by atoms with Gasteiger partial charge in [-0.1, -0.05) is 6.07 Å². The third-order valence-electron chi connectivity index (χ3n) is 4.50. The summed E-state index contributed by atoms with van der Waals surface area (Å²) < 4.78 is 64.1. The molecule has 2 N–H and O–H groups in total. The molecule has 35 heavy (non-hydrogen) atoms. The van der Waals surface area contributed by atoms with Crippen molar-refractivity contribution in [3.63, 3.8) is 0 Å². The van der Waals surface area contributed by atoms with E-state index in [0.29, 0.717) is 4.70 Å². The van der Waals surface area contributed by atoms with Gasteiger partial charge in [0.05, 0.1) is 15.7 Å². The highest BCUT2D eigenvalue weighted by Crippen LogP contribution is 2.67. The summed E-state index contributed by atoms with van der Waals surface area (Å²) >= 11 is 1.00. The Morgan fingerprint density at radius 2 is 1.40 bits per heavy atom. The highest BCUT2D eigenvalue weighted by molar-refractivity contribution is 7.54. The number of nitrogens with two attached hydrogens (primary N) is 1. The van der Waals surface area contributed by atoms with Crippen molar-refractivity contribution >= 4 is 46.9 Å². The average Bonchev–Trinajstić information content (AvgIpc) is 3.16. The maximum atomic E-state index is 15.5. The lowest BCUT2D eigenvalue weighted by atomic mass is 9.98. The fourth-order valence-electron chi connectivity index (χ4n) is 2.44. The van der Waals surface area contributed by atoms with E-state index in [1.54, 1.807) is 0 Å². The summed E-state index contributed by atoms with van der Waals surface area (Å²) in [6.45, 7) is 6.99. The van der Waals surface area contributed by atoms with Gasteiger partial charge in [-0.15, -0.1) is 11.3 Å². The van der Waals surface area contributed by atoms with Gasteiger partial charge in [-0.25, -0.2) is 0 Å². The van der Waals surface area contributed by atoms with Crippen molar-refractivity contribution in [1.29, 1.82) is 0 Å². The molecule has 1 heterocycles. The van der Waals surface area contributed by atoms with Crippen LogP contribution in [0.1, 0.15) is 56.8 Å². The molecule has 0 atom stereocenters. The summed E-state index contributed by atoms with van der Waals surface area (Å²) in [7, 11) is -5.43. The van der Waals surface area contributed by atoms with Crippen molar-refractivity contribution in [2.75, 3.05) is 13.6 Å². The standard InChI is InChI=1S/C22H28F2NO8PS/c1-20(2,3)18(27)30-11-32-34(29,33-12-31-19(28)21(4,5)6)22(23,24)14-7-8-15-13(9-14)10-16(35-15)17(25)26/h7-10H,11-12H2,1-6H3,(H2,25,26). The molecule has 2 rings (SSSR count). The predicted octanol–water partition coefficient (Wildman–Crippen LogP) is 5.37. The highest BCUT2D eigenvalue weighted by atomic mass is 32.1. The van der Waals surface area contributed by atoms with Gasteiger partial charge in [0.25, 0.3) is 5.91 Å². The molecule has 0 aliphatic rings. The monoisotopic (exact) mass is 535 g/mol. The van der Waals surface area contributed by atoms with E-state index in [4.69, 9.17) is 24.3 Å². The van der Waals surface area contributed by atoms with Gasteiger partial charge in [0.2, 0.25) is 13.6 Å².